The Morgan fingerprint density at radius 1 is 1.00 bits per heavy atom. The maximum atomic E-state index is 14.0. The molecule has 0 bridgehead atoms. The number of carbonyl (C=O) groups excluding carboxylic acids is 2. The highest BCUT2D eigenvalue weighted by Crippen LogP contribution is 2.40. The molecule has 0 unspecified atom stereocenters. The van der Waals surface area contributed by atoms with E-state index in [4.69, 9.17) is 16.3 Å². The first-order chi connectivity index (χ1) is 24.0. The Kier molecular flexibility index (Phi) is 10.3. The van der Waals surface area contributed by atoms with E-state index in [9.17, 15) is 27.6 Å². The topological polar surface area (TPSA) is 129 Å². The van der Waals surface area contributed by atoms with Gasteiger partial charge < -0.3 is 24.8 Å². The molecule has 2 aliphatic heterocycles. The molecule has 6 rings (SSSR count). The monoisotopic (exact) mass is 712 g/mol. The molecule has 0 saturated carbocycles. The van der Waals surface area contributed by atoms with E-state index in [2.05, 4.69) is 25.3 Å². The molecule has 0 spiro atoms. The van der Waals surface area contributed by atoms with Gasteiger partial charge in [-0.05, 0) is 42.7 Å². The second-order valence-electron chi connectivity index (χ2n) is 12.1. The van der Waals surface area contributed by atoms with Gasteiger partial charge in [0.25, 0.3) is 5.91 Å². The summed E-state index contributed by atoms with van der Waals surface area (Å²) in [6.07, 6.45) is -3.05. The summed E-state index contributed by atoms with van der Waals surface area (Å²) in [6, 6.07) is 15.0. The quantitative estimate of drug-likeness (QED) is 0.259. The number of benzene rings is 2. The summed E-state index contributed by atoms with van der Waals surface area (Å²) in [5.41, 5.74) is 0.172. The normalized spacial score (nSPS) is 16.3. The molecular formula is C34H36ClF3N8O4. The fourth-order valence-electron chi connectivity index (χ4n) is 6.39. The van der Waals surface area contributed by atoms with Crippen molar-refractivity contribution >= 4 is 35.0 Å². The first-order valence-corrected chi connectivity index (χ1v) is 16.6. The second kappa shape index (κ2) is 14.8. The number of ether oxygens (including phenoxy) is 1. The van der Waals surface area contributed by atoms with Gasteiger partial charge in [0.1, 0.15) is 0 Å². The summed E-state index contributed by atoms with van der Waals surface area (Å²) in [5, 5.41) is 6.79. The number of alkyl halides is 3. The zero-order valence-electron chi connectivity index (χ0n) is 27.2. The molecule has 2 saturated heterocycles. The van der Waals surface area contributed by atoms with Gasteiger partial charge in [0.05, 0.1) is 22.3 Å². The highest BCUT2D eigenvalue weighted by atomic mass is 35.5. The number of piperazine rings is 1. The average Bonchev–Trinajstić information content (AvgIpc) is 3.52. The largest absolute Gasteiger partial charge is 0.436 e. The molecular weight excluding hydrogens is 677 g/mol. The number of piperidine rings is 1. The Morgan fingerprint density at radius 2 is 1.68 bits per heavy atom. The molecule has 2 aromatic carbocycles. The number of pyridine rings is 1. The van der Waals surface area contributed by atoms with Gasteiger partial charge in [-0.1, -0.05) is 41.9 Å². The standard InChI is InChI=1S/C34H36ClF3N8O4/c1-39-29-26(34(36,37)38)19-22(20-27(29)35)21-28(31(47)44-17-15-43(16-18-44)24-7-11-40-12-8-24)50-33(49)45-13-9-25(10-14-45)46-32(48)41-30(42-46)23-5-3-2-4-6-23/h2-8,11-12,19-20,25,28,39H,9-10,13-18,21H2,1H3,(H,41,42,48)/t28-/m1/s1. The fourth-order valence-corrected chi connectivity index (χ4v) is 6.73. The lowest BCUT2D eigenvalue weighted by Crippen LogP contribution is -2.53. The number of nitrogens with one attached hydrogen (secondary N) is 2. The fraction of sp³-hybridized carbons (Fsp3) is 0.382. The van der Waals surface area contributed by atoms with Gasteiger partial charge in [0.15, 0.2) is 11.9 Å². The van der Waals surface area contributed by atoms with E-state index >= 15 is 0 Å². The highest BCUT2D eigenvalue weighted by Gasteiger charge is 2.37. The Bertz CT molecular complexity index is 1860. The Hall–Kier alpha value is -5.05. The van der Waals surface area contributed by atoms with Crippen molar-refractivity contribution in [3.8, 4) is 11.4 Å². The summed E-state index contributed by atoms with van der Waals surface area (Å²) >= 11 is 6.25. The van der Waals surface area contributed by atoms with Crippen molar-refractivity contribution in [2.75, 3.05) is 56.5 Å². The third-order valence-corrected chi connectivity index (χ3v) is 9.32. The van der Waals surface area contributed by atoms with E-state index in [1.54, 1.807) is 17.3 Å². The third kappa shape index (κ3) is 7.72. The first-order valence-electron chi connectivity index (χ1n) is 16.2. The van der Waals surface area contributed by atoms with Gasteiger partial charge in [-0.25, -0.2) is 14.3 Å². The molecule has 12 nitrogen and oxygen atoms in total. The van der Waals surface area contributed by atoms with Crippen LogP contribution < -0.4 is 15.9 Å². The summed E-state index contributed by atoms with van der Waals surface area (Å²) in [6.45, 7) is 2.08. The molecule has 264 valence electrons. The summed E-state index contributed by atoms with van der Waals surface area (Å²) < 4.78 is 49.1. The molecule has 0 aliphatic carbocycles. The lowest BCUT2D eigenvalue weighted by Gasteiger charge is -2.38. The van der Waals surface area contributed by atoms with Crippen LogP contribution in [0.15, 0.2) is 71.8 Å². The summed E-state index contributed by atoms with van der Waals surface area (Å²) in [4.78, 5) is 52.1. The number of aromatic nitrogens is 4. The molecule has 2 aromatic heterocycles. The van der Waals surface area contributed by atoms with Gasteiger partial charge in [-0.3, -0.25) is 14.8 Å². The van der Waals surface area contributed by atoms with Crippen molar-refractivity contribution in [3.05, 3.63) is 93.6 Å². The number of hydrogen-bond acceptors (Lipinski definition) is 8. The van der Waals surface area contributed by atoms with Crippen molar-refractivity contribution in [2.24, 2.45) is 0 Å². The Labute approximate surface area is 290 Å². The van der Waals surface area contributed by atoms with Crippen LogP contribution in [-0.2, 0) is 22.1 Å². The van der Waals surface area contributed by atoms with Gasteiger partial charge in [0.2, 0.25) is 0 Å². The van der Waals surface area contributed by atoms with Crippen molar-refractivity contribution in [1.29, 1.82) is 0 Å². The average molecular weight is 713 g/mol. The van der Waals surface area contributed by atoms with Gasteiger partial charge in [-0.2, -0.15) is 13.2 Å². The van der Waals surface area contributed by atoms with E-state index in [-0.39, 0.29) is 47.5 Å². The number of anilines is 2. The van der Waals surface area contributed by atoms with Crippen LogP contribution in [0.4, 0.5) is 29.3 Å². The first kappa shape index (κ1) is 34.8. The van der Waals surface area contributed by atoms with Crippen LogP contribution in [-0.4, -0.2) is 94.0 Å². The molecule has 4 aromatic rings. The molecule has 2 N–H and O–H groups in total. The van der Waals surface area contributed by atoms with Crippen LogP contribution >= 0.6 is 11.6 Å². The zero-order chi connectivity index (χ0) is 35.4. The summed E-state index contributed by atoms with van der Waals surface area (Å²) in [5.74, 6) is -0.0709. The van der Waals surface area contributed by atoms with E-state index in [0.717, 1.165) is 17.3 Å². The number of amides is 2. The molecule has 2 aliphatic rings. The predicted molar refractivity (Wildman–Crippen MR) is 181 cm³/mol. The Morgan fingerprint density at radius 3 is 2.32 bits per heavy atom. The van der Waals surface area contributed by atoms with Crippen molar-refractivity contribution < 1.29 is 27.5 Å². The highest BCUT2D eigenvalue weighted by molar-refractivity contribution is 6.33. The number of carbonyl (C=O) groups is 2. The smallest absolute Gasteiger partial charge is 0.418 e. The van der Waals surface area contributed by atoms with Crippen LogP contribution in [0.25, 0.3) is 11.4 Å². The van der Waals surface area contributed by atoms with Crippen LogP contribution in [0.3, 0.4) is 0 Å². The summed E-state index contributed by atoms with van der Waals surface area (Å²) in [7, 11) is 1.34. The van der Waals surface area contributed by atoms with E-state index in [1.165, 1.54) is 22.7 Å². The molecule has 4 heterocycles. The predicted octanol–water partition coefficient (Wildman–Crippen LogP) is 5.08. The molecule has 2 amide bonds. The van der Waals surface area contributed by atoms with E-state index in [1.807, 2.05) is 42.5 Å². The number of H-pyrrole nitrogens is 1. The van der Waals surface area contributed by atoms with Crippen molar-refractivity contribution in [1.82, 2.24) is 29.5 Å². The van der Waals surface area contributed by atoms with Crippen LogP contribution in [0.5, 0.6) is 0 Å². The van der Waals surface area contributed by atoms with Crippen LogP contribution in [0.2, 0.25) is 5.02 Å². The number of hydrogen-bond donors (Lipinski definition) is 2. The molecule has 1 atom stereocenters. The molecule has 0 radical (unpaired) electrons. The third-order valence-electron chi connectivity index (χ3n) is 9.02. The lowest BCUT2D eigenvalue weighted by molar-refractivity contribution is -0.141. The minimum atomic E-state index is -4.72. The van der Waals surface area contributed by atoms with Gasteiger partial charge >= 0.3 is 18.0 Å². The number of aromatic amines is 1. The maximum absolute atomic E-state index is 14.0. The number of halogens is 4. The minimum Gasteiger partial charge on any atom is -0.436 e. The Balaban J connectivity index is 1.17. The van der Waals surface area contributed by atoms with Crippen LogP contribution in [0.1, 0.15) is 30.0 Å². The number of nitrogens with zero attached hydrogens (tertiary/aromatic N) is 6. The van der Waals surface area contributed by atoms with Gasteiger partial charge in [-0.15, -0.1) is 5.10 Å². The van der Waals surface area contributed by atoms with Crippen LogP contribution in [0, 0.1) is 0 Å². The van der Waals surface area contributed by atoms with E-state index < -0.39 is 29.8 Å². The molecule has 2 fully saturated rings. The molecule has 16 heteroatoms. The van der Waals surface area contributed by atoms with Crippen molar-refractivity contribution in [2.45, 2.75) is 37.6 Å². The lowest BCUT2D eigenvalue weighted by atomic mass is 10.0. The SMILES string of the molecule is CNc1c(Cl)cc(C[C@@H](OC(=O)N2CCC(n3nc(-c4ccccc4)[nH]c3=O)CC2)C(=O)N2CCN(c3ccncc3)CC2)cc1C(F)(F)F. The molecule has 50 heavy (non-hydrogen) atoms. The van der Waals surface area contributed by atoms with Gasteiger partial charge in [0, 0.05) is 76.4 Å². The van der Waals surface area contributed by atoms with E-state index in [0.29, 0.717) is 44.8 Å². The van der Waals surface area contributed by atoms with Crippen molar-refractivity contribution in [3.63, 3.8) is 0 Å². The minimum absolute atomic E-state index is 0.0914. The number of likely N-dealkylation sites (tertiary alicyclic amines) is 1. The number of rotatable bonds is 8. The maximum Gasteiger partial charge on any atom is 0.418 e. The zero-order valence-corrected chi connectivity index (χ0v) is 28.0. The second-order valence-corrected chi connectivity index (χ2v) is 12.6.